The van der Waals surface area contributed by atoms with Gasteiger partial charge in [0, 0.05) is 44.3 Å². The second-order valence-corrected chi connectivity index (χ2v) is 9.81. The Morgan fingerprint density at radius 1 is 0.925 bits per heavy atom. The summed E-state index contributed by atoms with van der Waals surface area (Å²) in [5.41, 5.74) is 3.73. The molecule has 0 fully saturated rings. The molecular formula is C32H34N4O4. The number of ether oxygens (including phenoxy) is 2. The summed E-state index contributed by atoms with van der Waals surface area (Å²) in [5.74, 6) is 1.30. The molecule has 8 nitrogen and oxygen atoms in total. The molecule has 1 atom stereocenters. The number of carbonyl (C=O) groups excluding carboxylic acids is 2. The monoisotopic (exact) mass is 538 g/mol. The van der Waals surface area contributed by atoms with Crippen LogP contribution in [0.3, 0.4) is 0 Å². The topological polar surface area (TPSA) is 76.0 Å². The van der Waals surface area contributed by atoms with Crippen LogP contribution >= 0.6 is 0 Å². The van der Waals surface area contributed by atoms with E-state index in [0.717, 1.165) is 22.6 Å². The first-order valence-corrected chi connectivity index (χ1v) is 13.4. The number of aromatic nitrogens is 1. The van der Waals surface area contributed by atoms with Crippen LogP contribution in [-0.4, -0.2) is 59.7 Å². The Kier molecular flexibility index (Phi) is 8.47. The van der Waals surface area contributed by atoms with Gasteiger partial charge in [-0.3, -0.25) is 4.79 Å². The highest BCUT2D eigenvalue weighted by Crippen LogP contribution is 2.35. The van der Waals surface area contributed by atoms with Crippen LogP contribution in [0.1, 0.15) is 22.9 Å². The third-order valence-electron chi connectivity index (χ3n) is 6.99. The van der Waals surface area contributed by atoms with Crippen LogP contribution in [0.15, 0.2) is 97.2 Å². The number of hydrogen-bond acceptors (Lipinski definition) is 4. The van der Waals surface area contributed by atoms with E-state index in [4.69, 9.17) is 9.47 Å². The number of rotatable bonds is 9. The molecule has 1 aliphatic rings. The van der Waals surface area contributed by atoms with Crippen molar-refractivity contribution >= 4 is 17.6 Å². The average Bonchev–Trinajstić information content (AvgIpc) is 3.45. The molecule has 8 heteroatoms. The number of benzene rings is 3. The quantitative estimate of drug-likeness (QED) is 0.297. The first kappa shape index (κ1) is 27.0. The number of anilines is 1. The molecule has 1 aromatic heterocycles. The molecule has 1 unspecified atom stereocenters. The smallest absolute Gasteiger partial charge is 0.322 e. The van der Waals surface area contributed by atoms with Crippen molar-refractivity contribution in [2.24, 2.45) is 0 Å². The zero-order valence-electron chi connectivity index (χ0n) is 22.8. The van der Waals surface area contributed by atoms with Gasteiger partial charge in [0.15, 0.2) is 0 Å². The van der Waals surface area contributed by atoms with E-state index in [1.807, 2.05) is 109 Å². The minimum absolute atomic E-state index is 0.0710. The lowest BCUT2D eigenvalue weighted by atomic mass is 9.99. The Balaban J connectivity index is 1.38. The van der Waals surface area contributed by atoms with Gasteiger partial charge >= 0.3 is 6.03 Å². The average molecular weight is 539 g/mol. The first-order valence-electron chi connectivity index (χ1n) is 13.4. The molecule has 4 aromatic rings. The summed E-state index contributed by atoms with van der Waals surface area (Å²) in [4.78, 5) is 30.5. The molecule has 3 aromatic carbocycles. The van der Waals surface area contributed by atoms with Crippen molar-refractivity contribution in [3.05, 3.63) is 114 Å². The highest BCUT2D eigenvalue weighted by Gasteiger charge is 2.33. The zero-order valence-corrected chi connectivity index (χ0v) is 22.8. The molecule has 0 saturated heterocycles. The fraction of sp³-hybridized carbons (Fsp3) is 0.250. The van der Waals surface area contributed by atoms with Crippen molar-refractivity contribution in [3.63, 3.8) is 0 Å². The Morgan fingerprint density at radius 3 is 2.48 bits per heavy atom. The van der Waals surface area contributed by atoms with Gasteiger partial charge in [-0.05, 0) is 61.0 Å². The minimum atomic E-state index is -0.343. The SMILES string of the molecule is COCCN(CC(=O)N1CCn2cccc2C1c1cccc(Oc2ccccc2)c1)C(=O)Nc1ccc(C)cc1. The largest absolute Gasteiger partial charge is 0.457 e. The minimum Gasteiger partial charge on any atom is -0.457 e. The summed E-state index contributed by atoms with van der Waals surface area (Å²) in [5, 5.41) is 2.91. The summed E-state index contributed by atoms with van der Waals surface area (Å²) in [6, 6.07) is 28.4. The Labute approximate surface area is 234 Å². The molecular weight excluding hydrogens is 504 g/mol. The summed E-state index contributed by atoms with van der Waals surface area (Å²) < 4.78 is 13.5. The lowest BCUT2D eigenvalue weighted by Gasteiger charge is -2.38. The van der Waals surface area contributed by atoms with E-state index in [9.17, 15) is 9.59 Å². The van der Waals surface area contributed by atoms with E-state index >= 15 is 0 Å². The van der Waals surface area contributed by atoms with Gasteiger partial charge in [-0.1, -0.05) is 48.0 Å². The summed E-state index contributed by atoms with van der Waals surface area (Å²) in [6.07, 6.45) is 2.04. The predicted molar refractivity (Wildman–Crippen MR) is 155 cm³/mol. The number of para-hydroxylation sites is 1. The third-order valence-corrected chi connectivity index (χ3v) is 6.99. The number of hydrogen-bond donors (Lipinski definition) is 1. The van der Waals surface area contributed by atoms with Gasteiger partial charge in [-0.15, -0.1) is 0 Å². The van der Waals surface area contributed by atoms with Gasteiger partial charge in [0.05, 0.1) is 12.6 Å². The molecule has 206 valence electrons. The van der Waals surface area contributed by atoms with Crippen LogP contribution in [-0.2, 0) is 16.1 Å². The molecule has 2 heterocycles. The molecule has 0 bridgehead atoms. The zero-order chi connectivity index (χ0) is 27.9. The van der Waals surface area contributed by atoms with Crippen molar-refractivity contribution in [2.75, 3.05) is 38.7 Å². The molecule has 0 spiro atoms. The highest BCUT2D eigenvalue weighted by atomic mass is 16.5. The van der Waals surface area contributed by atoms with E-state index in [2.05, 4.69) is 9.88 Å². The number of methoxy groups -OCH3 is 1. The second kappa shape index (κ2) is 12.5. The highest BCUT2D eigenvalue weighted by molar-refractivity contribution is 5.92. The normalized spacial score (nSPS) is 14.3. The van der Waals surface area contributed by atoms with Gasteiger partial charge in [0.25, 0.3) is 0 Å². The van der Waals surface area contributed by atoms with Crippen molar-refractivity contribution < 1.29 is 19.1 Å². The van der Waals surface area contributed by atoms with Gasteiger partial charge in [0.1, 0.15) is 18.0 Å². The van der Waals surface area contributed by atoms with Crippen molar-refractivity contribution in [1.82, 2.24) is 14.4 Å². The summed E-state index contributed by atoms with van der Waals surface area (Å²) >= 11 is 0. The molecule has 0 aliphatic carbocycles. The molecule has 40 heavy (non-hydrogen) atoms. The standard InChI is InChI=1S/C32H34N4O4/c1-24-13-15-26(16-14-24)33-32(38)35(20-21-39-2)23-30(37)36-19-18-34-17-7-12-29(34)31(36)25-8-6-11-28(22-25)40-27-9-4-3-5-10-27/h3-17,22,31H,18-21,23H2,1-2H3,(H,33,38). The van der Waals surface area contributed by atoms with Crippen LogP contribution in [0, 0.1) is 6.92 Å². The van der Waals surface area contributed by atoms with Crippen LogP contribution in [0.25, 0.3) is 0 Å². The van der Waals surface area contributed by atoms with Gasteiger partial charge in [0.2, 0.25) is 5.91 Å². The molecule has 0 radical (unpaired) electrons. The lowest BCUT2D eigenvalue weighted by molar-refractivity contribution is -0.134. The number of fused-ring (bicyclic) bond motifs is 1. The first-order chi connectivity index (χ1) is 19.5. The van der Waals surface area contributed by atoms with Crippen molar-refractivity contribution in [3.8, 4) is 11.5 Å². The maximum absolute atomic E-state index is 13.9. The molecule has 0 saturated carbocycles. The molecule has 1 N–H and O–H groups in total. The second-order valence-electron chi connectivity index (χ2n) is 9.81. The Bertz CT molecular complexity index is 1430. The Morgan fingerprint density at radius 2 is 1.70 bits per heavy atom. The van der Waals surface area contributed by atoms with Crippen LogP contribution < -0.4 is 10.1 Å². The summed E-state index contributed by atoms with van der Waals surface area (Å²) in [7, 11) is 1.58. The maximum atomic E-state index is 13.9. The third kappa shape index (κ3) is 6.35. The number of carbonyl (C=O) groups is 2. The van der Waals surface area contributed by atoms with Crippen LogP contribution in [0.4, 0.5) is 10.5 Å². The van der Waals surface area contributed by atoms with Crippen molar-refractivity contribution in [1.29, 1.82) is 0 Å². The lowest BCUT2D eigenvalue weighted by Crippen LogP contribution is -2.49. The number of urea groups is 1. The van der Waals surface area contributed by atoms with Gasteiger partial charge in [-0.2, -0.15) is 0 Å². The maximum Gasteiger partial charge on any atom is 0.322 e. The van der Waals surface area contributed by atoms with E-state index in [0.29, 0.717) is 31.1 Å². The fourth-order valence-corrected chi connectivity index (χ4v) is 4.92. The van der Waals surface area contributed by atoms with Gasteiger partial charge in [-0.25, -0.2) is 4.79 Å². The van der Waals surface area contributed by atoms with E-state index < -0.39 is 0 Å². The fourth-order valence-electron chi connectivity index (χ4n) is 4.92. The number of aryl methyl sites for hydroxylation is 1. The van der Waals surface area contributed by atoms with E-state index in [1.54, 1.807) is 7.11 Å². The number of nitrogens with one attached hydrogen (secondary N) is 1. The summed E-state index contributed by atoms with van der Waals surface area (Å²) in [6.45, 7) is 3.72. The van der Waals surface area contributed by atoms with E-state index in [-0.39, 0.29) is 31.1 Å². The van der Waals surface area contributed by atoms with Crippen LogP contribution in [0.5, 0.6) is 11.5 Å². The van der Waals surface area contributed by atoms with Gasteiger partial charge < -0.3 is 29.2 Å². The molecule has 1 aliphatic heterocycles. The molecule has 5 rings (SSSR count). The van der Waals surface area contributed by atoms with E-state index in [1.165, 1.54) is 4.90 Å². The van der Waals surface area contributed by atoms with Crippen LogP contribution in [0.2, 0.25) is 0 Å². The van der Waals surface area contributed by atoms with Crippen molar-refractivity contribution in [2.45, 2.75) is 19.5 Å². The number of amides is 3. The molecule has 3 amide bonds. The number of nitrogens with zero attached hydrogens (tertiary/aromatic N) is 3. The Hall–Kier alpha value is -4.56. The predicted octanol–water partition coefficient (Wildman–Crippen LogP) is 5.70.